The van der Waals surface area contributed by atoms with E-state index in [1.165, 1.54) is 32.4 Å². The molecule has 3 rings (SSSR count). The molecule has 6 heteroatoms. The van der Waals surface area contributed by atoms with Crippen molar-refractivity contribution in [2.45, 2.75) is 45.2 Å². The van der Waals surface area contributed by atoms with E-state index in [0.717, 1.165) is 31.7 Å². The Morgan fingerprint density at radius 2 is 2.14 bits per heavy atom. The first-order valence-electron chi connectivity index (χ1n) is 8.08. The molecular formula is C15H25N5O. The summed E-state index contributed by atoms with van der Waals surface area (Å²) in [5.41, 5.74) is 0.783. The molecule has 1 N–H and O–H groups in total. The summed E-state index contributed by atoms with van der Waals surface area (Å²) in [4.78, 5) is 16.9. The molecule has 6 nitrogen and oxygen atoms in total. The first kappa shape index (κ1) is 14.4. The van der Waals surface area contributed by atoms with Crippen molar-refractivity contribution in [2.75, 3.05) is 31.5 Å². The summed E-state index contributed by atoms with van der Waals surface area (Å²) < 4.78 is 1.82. The van der Waals surface area contributed by atoms with Gasteiger partial charge >= 0.3 is 6.03 Å². The fraction of sp³-hybridized carbons (Fsp3) is 0.733. The van der Waals surface area contributed by atoms with Gasteiger partial charge in [-0.2, -0.15) is 5.10 Å². The number of piperidine rings is 1. The highest BCUT2D eigenvalue weighted by atomic mass is 16.2. The molecule has 0 unspecified atom stereocenters. The topological polar surface area (TPSA) is 53.4 Å². The first-order valence-corrected chi connectivity index (χ1v) is 8.08. The third-order valence-corrected chi connectivity index (χ3v) is 4.55. The van der Waals surface area contributed by atoms with Gasteiger partial charge in [-0.15, -0.1) is 0 Å². The minimum absolute atomic E-state index is 0.00884. The Bertz CT molecular complexity index is 480. The molecule has 116 valence electrons. The highest BCUT2D eigenvalue weighted by Crippen LogP contribution is 2.21. The van der Waals surface area contributed by atoms with Crippen molar-refractivity contribution in [1.29, 1.82) is 0 Å². The SMILES string of the molecule is CCn1cc(NC(=O)N2CCC[C@@H](N3CCCC3)C2)cn1. The summed E-state index contributed by atoms with van der Waals surface area (Å²) in [7, 11) is 0. The standard InChI is InChI=1S/C15H25N5O/c1-2-20-11-13(10-16-20)17-15(21)19-9-5-6-14(12-19)18-7-3-4-8-18/h10-11,14H,2-9,12H2,1H3,(H,17,21)/t14-/m1/s1. The monoisotopic (exact) mass is 291 g/mol. The van der Waals surface area contributed by atoms with Gasteiger partial charge in [0.15, 0.2) is 0 Å². The van der Waals surface area contributed by atoms with Crippen molar-refractivity contribution in [1.82, 2.24) is 19.6 Å². The summed E-state index contributed by atoms with van der Waals surface area (Å²) in [6.45, 7) is 6.96. The minimum Gasteiger partial charge on any atom is -0.323 e. The number of rotatable bonds is 3. The number of urea groups is 1. The van der Waals surface area contributed by atoms with Crippen LogP contribution in [-0.4, -0.2) is 57.8 Å². The fourth-order valence-corrected chi connectivity index (χ4v) is 3.35. The number of hydrogen-bond acceptors (Lipinski definition) is 3. The molecule has 1 atom stereocenters. The Balaban J connectivity index is 1.56. The lowest BCUT2D eigenvalue weighted by molar-refractivity contribution is 0.132. The van der Waals surface area contributed by atoms with E-state index in [1.54, 1.807) is 6.20 Å². The third-order valence-electron chi connectivity index (χ3n) is 4.55. The Kier molecular flexibility index (Phi) is 4.43. The van der Waals surface area contributed by atoms with Gasteiger partial charge in [-0.25, -0.2) is 4.79 Å². The third kappa shape index (κ3) is 3.37. The van der Waals surface area contributed by atoms with Crippen molar-refractivity contribution < 1.29 is 4.79 Å². The van der Waals surface area contributed by atoms with Gasteiger partial charge in [0.1, 0.15) is 0 Å². The van der Waals surface area contributed by atoms with E-state index in [2.05, 4.69) is 15.3 Å². The number of carbonyl (C=O) groups is 1. The maximum atomic E-state index is 12.4. The van der Waals surface area contributed by atoms with Crippen molar-refractivity contribution >= 4 is 11.7 Å². The average Bonchev–Trinajstić information content (AvgIpc) is 3.18. The Labute approximate surface area is 126 Å². The summed E-state index contributed by atoms with van der Waals surface area (Å²) in [5.74, 6) is 0. The summed E-state index contributed by atoms with van der Waals surface area (Å²) in [6.07, 6.45) is 8.52. The van der Waals surface area contributed by atoms with Crippen LogP contribution in [0.25, 0.3) is 0 Å². The highest BCUT2D eigenvalue weighted by Gasteiger charge is 2.29. The van der Waals surface area contributed by atoms with E-state index in [9.17, 15) is 4.79 Å². The normalized spacial score (nSPS) is 23.5. The Morgan fingerprint density at radius 1 is 1.33 bits per heavy atom. The minimum atomic E-state index is 0.00884. The molecule has 2 aliphatic heterocycles. The van der Waals surface area contributed by atoms with Crippen LogP contribution in [0.4, 0.5) is 10.5 Å². The van der Waals surface area contributed by atoms with Gasteiger partial charge in [0, 0.05) is 31.9 Å². The maximum Gasteiger partial charge on any atom is 0.321 e. The van der Waals surface area contributed by atoms with Crippen molar-refractivity contribution in [3.63, 3.8) is 0 Å². The van der Waals surface area contributed by atoms with Crippen LogP contribution in [-0.2, 0) is 6.54 Å². The van der Waals surface area contributed by atoms with E-state index >= 15 is 0 Å². The molecule has 0 aliphatic carbocycles. The molecule has 2 aliphatic rings. The molecule has 0 aromatic carbocycles. The summed E-state index contributed by atoms with van der Waals surface area (Å²) in [6, 6.07) is 0.555. The lowest BCUT2D eigenvalue weighted by Gasteiger charge is -2.37. The summed E-state index contributed by atoms with van der Waals surface area (Å²) >= 11 is 0. The zero-order valence-corrected chi connectivity index (χ0v) is 12.8. The number of aryl methyl sites for hydroxylation is 1. The van der Waals surface area contributed by atoms with Crippen molar-refractivity contribution in [2.24, 2.45) is 0 Å². The molecule has 3 heterocycles. The number of likely N-dealkylation sites (tertiary alicyclic amines) is 2. The Hall–Kier alpha value is -1.56. The van der Waals surface area contributed by atoms with E-state index in [1.807, 2.05) is 22.7 Å². The van der Waals surface area contributed by atoms with Gasteiger partial charge in [-0.3, -0.25) is 9.58 Å². The van der Waals surface area contributed by atoms with E-state index in [0.29, 0.717) is 6.04 Å². The van der Waals surface area contributed by atoms with Crippen molar-refractivity contribution in [3.05, 3.63) is 12.4 Å². The second kappa shape index (κ2) is 6.47. The molecule has 21 heavy (non-hydrogen) atoms. The lowest BCUT2D eigenvalue weighted by atomic mass is 10.0. The molecule has 2 amide bonds. The van der Waals surface area contributed by atoms with Crippen LogP contribution in [0.3, 0.4) is 0 Å². The quantitative estimate of drug-likeness (QED) is 0.926. The number of carbonyl (C=O) groups excluding carboxylic acids is 1. The molecule has 0 saturated carbocycles. The van der Waals surface area contributed by atoms with Crippen LogP contribution in [0.15, 0.2) is 12.4 Å². The van der Waals surface area contributed by atoms with Crippen LogP contribution in [0, 0.1) is 0 Å². The maximum absolute atomic E-state index is 12.4. The van der Waals surface area contributed by atoms with Crippen LogP contribution in [0.1, 0.15) is 32.6 Å². The van der Waals surface area contributed by atoms with Gasteiger partial charge in [0.05, 0.1) is 11.9 Å². The molecule has 0 spiro atoms. The lowest BCUT2D eigenvalue weighted by Crippen LogP contribution is -2.50. The zero-order chi connectivity index (χ0) is 14.7. The van der Waals surface area contributed by atoms with E-state index in [4.69, 9.17) is 0 Å². The number of nitrogens with one attached hydrogen (secondary N) is 1. The van der Waals surface area contributed by atoms with Crippen LogP contribution in [0.5, 0.6) is 0 Å². The largest absolute Gasteiger partial charge is 0.323 e. The first-order chi connectivity index (χ1) is 10.3. The van der Waals surface area contributed by atoms with E-state index < -0.39 is 0 Å². The number of nitrogens with zero attached hydrogens (tertiary/aromatic N) is 4. The Morgan fingerprint density at radius 3 is 2.86 bits per heavy atom. The molecule has 1 aromatic heterocycles. The molecule has 2 fully saturated rings. The van der Waals surface area contributed by atoms with Gasteiger partial charge in [0.25, 0.3) is 0 Å². The van der Waals surface area contributed by atoms with E-state index in [-0.39, 0.29) is 6.03 Å². The molecule has 0 radical (unpaired) electrons. The van der Waals surface area contributed by atoms with Crippen molar-refractivity contribution in [3.8, 4) is 0 Å². The van der Waals surface area contributed by atoms with Gasteiger partial charge < -0.3 is 10.2 Å². The van der Waals surface area contributed by atoms with Gasteiger partial charge in [0.2, 0.25) is 0 Å². The zero-order valence-electron chi connectivity index (χ0n) is 12.8. The van der Waals surface area contributed by atoms with Gasteiger partial charge in [-0.1, -0.05) is 0 Å². The highest BCUT2D eigenvalue weighted by molar-refractivity contribution is 5.89. The predicted octanol–water partition coefficient (Wildman–Crippen LogP) is 2.00. The summed E-state index contributed by atoms with van der Waals surface area (Å²) in [5, 5.41) is 7.15. The van der Waals surface area contributed by atoms with Crippen LogP contribution < -0.4 is 5.32 Å². The molecule has 2 saturated heterocycles. The smallest absolute Gasteiger partial charge is 0.321 e. The van der Waals surface area contributed by atoms with Crippen LogP contribution in [0.2, 0.25) is 0 Å². The van der Waals surface area contributed by atoms with Crippen LogP contribution >= 0.6 is 0 Å². The molecular weight excluding hydrogens is 266 g/mol. The average molecular weight is 291 g/mol. The number of aromatic nitrogens is 2. The second-order valence-electron chi connectivity index (χ2n) is 6.00. The predicted molar refractivity (Wildman–Crippen MR) is 82.3 cm³/mol. The molecule has 0 bridgehead atoms. The van der Waals surface area contributed by atoms with Gasteiger partial charge in [-0.05, 0) is 45.7 Å². The number of anilines is 1. The fourth-order valence-electron chi connectivity index (χ4n) is 3.35. The molecule has 1 aromatic rings. The number of amides is 2. The number of hydrogen-bond donors (Lipinski definition) is 1. The second-order valence-corrected chi connectivity index (χ2v) is 6.00.